The quantitative estimate of drug-likeness (QED) is 0.251. The Hall–Kier alpha value is -0.0900. The smallest absolute Gasteiger partial charge is 0.303 e. The first-order valence-electron chi connectivity index (χ1n) is 11.8. The molecular weight excluding hydrogens is 384 g/mol. The highest BCUT2D eigenvalue weighted by Gasteiger charge is 2.47. The van der Waals surface area contributed by atoms with E-state index in [-0.39, 0.29) is 0 Å². The maximum atomic E-state index is 10.6. The van der Waals surface area contributed by atoms with E-state index in [2.05, 4.69) is 35.7 Å². The third-order valence-corrected chi connectivity index (χ3v) is 10.1. The molecule has 4 heteroatoms. The Morgan fingerprint density at radius 2 is 1.68 bits per heavy atom. The number of carboxylic acid groups (broad SMARTS) is 1. The lowest BCUT2D eigenvalue weighted by Gasteiger charge is -2.29. The predicted octanol–water partition coefficient (Wildman–Crippen LogP) is 7.18. The maximum Gasteiger partial charge on any atom is 0.303 e. The molecule has 3 fully saturated rings. The molecule has 2 heterocycles. The minimum atomic E-state index is -0.644. The van der Waals surface area contributed by atoms with Gasteiger partial charge in [-0.25, -0.2) is 0 Å². The predicted molar refractivity (Wildman–Crippen MR) is 124 cm³/mol. The minimum absolute atomic E-state index is 0.345. The average Bonchev–Trinajstić information content (AvgIpc) is 3.30. The molecule has 2 nitrogen and oxygen atoms in total. The number of unbranched alkanes of at least 4 members (excludes halogenated alkanes) is 3. The molecule has 0 aromatic rings. The highest BCUT2D eigenvalue weighted by Crippen LogP contribution is 2.55. The van der Waals surface area contributed by atoms with Crippen molar-refractivity contribution in [3.63, 3.8) is 0 Å². The number of fused-ring (bicyclic) bond motifs is 2. The van der Waals surface area contributed by atoms with E-state index in [0.29, 0.717) is 6.42 Å². The SMILES string of the molecule is O=C(O)CCCCCC[C@@H]1[C@H](CSCC=CCC2CCCCC2)[C@@H]2CC[C@H]1S2. The van der Waals surface area contributed by atoms with Crippen molar-refractivity contribution in [2.45, 2.75) is 100 Å². The fourth-order valence-electron chi connectivity index (χ4n) is 5.56. The zero-order valence-electron chi connectivity index (χ0n) is 17.5. The number of thioether (sulfide) groups is 2. The van der Waals surface area contributed by atoms with Gasteiger partial charge in [0.1, 0.15) is 0 Å². The van der Waals surface area contributed by atoms with Crippen LogP contribution in [0.3, 0.4) is 0 Å². The fraction of sp³-hybridized carbons (Fsp3) is 0.875. The Balaban J connectivity index is 1.29. The highest BCUT2D eigenvalue weighted by molar-refractivity contribution is 8.01. The molecule has 0 aromatic heterocycles. The monoisotopic (exact) mass is 424 g/mol. The van der Waals surface area contributed by atoms with Gasteiger partial charge in [0, 0.05) is 22.7 Å². The number of carboxylic acids is 1. The summed E-state index contributed by atoms with van der Waals surface area (Å²) in [4.78, 5) is 10.6. The van der Waals surface area contributed by atoms with Crippen molar-refractivity contribution < 1.29 is 9.90 Å². The molecule has 3 rings (SSSR count). The molecule has 4 atom stereocenters. The van der Waals surface area contributed by atoms with Crippen LogP contribution in [-0.2, 0) is 4.79 Å². The van der Waals surface area contributed by atoms with Crippen LogP contribution in [-0.4, -0.2) is 33.1 Å². The zero-order valence-corrected chi connectivity index (χ0v) is 19.2. The molecule has 0 aromatic carbocycles. The van der Waals surface area contributed by atoms with E-state index in [1.54, 1.807) is 0 Å². The van der Waals surface area contributed by atoms with Crippen LogP contribution in [0.4, 0.5) is 0 Å². The Morgan fingerprint density at radius 3 is 2.46 bits per heavy atom. The van der Waals surface area contributed by atoms with Crippen LogP contribution in [0.15, 0.2) is 12.2 Å². The maximum absolute atomic E-state index is 10.6. The van der Waals surface area contributed by atoms with Gasteiger partial charge in [-0.15, -0.1) is 0 Å². The summed E-state index contributed by atoms with van der Waals surface area (Å²) in [6.45, 7) is 0. The zero-order chi connectivity index (χ0) is 19.6. The van der Waals surface area contributed by atoms with E-state index >= 15 is 0 Å². The molecule has 2 saturated heterocycles. The van der Waals surface area contributed by atoms with Crippen LogP contribution < -0.4 is 0 Å². The van der Waals surface area contributed by atoms with E-state index in [1.807, 2.05) is 0 Å². The van der Waals surface area contributed by atoms with E-state index < -0.39 is 5.97 Å². The first-order chi connectivity index (χ1) is 13.7. The summed E-state index contributed by atoms with van der Waals surface area (Å²) in [5, 5.41) is 10.6. The fourth-order valence-corrected chi connectivity index (χ4v) is 8.88. The summed E-state index contributed by atoms with van der Waals surface area (Å²) in [5.41, 5.74) is 0. The standard InChI is InChI=1S/C24H40O2S2/c25-24(26)14-7-2-1-6-13-20-21(23-16-15-22(20)28-23)18-27-17-9-8-12-19-10-4-3-5-11-19/h8-9,19-23H,1-7,10-18H2,(H,25,26)/t20-,21+,22-,23+/m1/s1. The van der Waals surface area contributed by atoms with Crippen LogP contribution in [0.1, 0.15) is 89.9 Å². The van der Waals surface area contributed by atoms with Crippen molar-refractivity contribution >= 4 is 29.5 Å². The second-order valence-corrected chi connectivity index (χ2v) is 11.8. The second-order valence-electron chi connectivity index (χ2n) is 9.21. The van der Waals surface area contributed by atoms with Gasteiger partial charge in [0.15, 0.2) is 0 Å². The van der Waals surface area contributed by atoms with Gasteiger partial charge in [-0.1, -0.05) is 63.5 Å². The summed E-state index contributed by atoms with van der Waals surface area (Å²) in [6, 6.07) is 0. The van der Waals surface area contributed by atoms with Crippen molar-refractivity contribution in [3.8, 4) is 0 Å². The number of rotatable bonds is 13. The average molecular weight is 425 g/mol. The van der Waals surface area contributed by atoms with Gasteiger partial charge in [0.25, 0.3) is 0 Å². The van der Waals surface area contributed by atoms with Crippen LogP contribution in [0.5, 0.6) is 0 Å². The largest absolute Gasteiger partial charge is 0.481 e. The Kier molecular flexibility index (Phi) is 10.1. The summed E-state index contributed by atoms with van der Waals surface area (Å²) >= 11 is 4.46. The third-order valence-electron chi connectivity index (χ3n) is 7.15. The number of hydrogen-bond acceptors (Lipinski definition) is 3. The first kappa shape index (κ1) is 22.6. The van der Waals surface area contributed by atoms with Gasteiger partial charge in [-0.05, 0) is 55.6 Å². The van der Waals surface area contributed by atoms with Crippen molar-refractivity contribution in [2.75, 3.05) is 11.5 Å². The lowest BCUT2D eigenvalue weighted by Crippen LogP contribution is -2.29. The molecule has 2 bridgehead atoms. The Morgan fingerprint density at radius 1 is 0.929 bits per heavy atom. The molecule has 28 heavy (non-hydrogen) atoms. The number of allylic oxidation sites excluding steroid dienone is 1. The van der Waals surface area contributed by atoms with Crippen LogP contribution in [0, 0.1) is 17.8 Å². The van der Waals surface area contributed by atoms with Gasteiger partial charge in [0.2, 0.25) is 0 Å². The molecule has 0 amide bonds. The molecule has 1 aliphatic carbocycles. The van der Waals surface area contributed by atoms with Gasteiger partial charge in [-0.3, -0.25) is 4.79 Å². The molecule has 0 unspecified atom stereocenters. The van der Waals surface area contributed by atoms with Crippen molar-refractivity contribution in [2.24, 2.45) is 17.8 Å². The number of hydrogen-bond donors (Lipinski definition) is 1. The molecule has 2 aliphatic heterocycles. The van der Waals surface area contributed by atoms with Crippen molar-refractivity contribution in [1.29, 1.82) is 0 Å². The lowest BCUT2D eigenvalue weighted by atomic mass is 9.77. The van der Waals surface area contributed by atoms with E-state index in [9.17, 15) is 4.79 Å². The van der Waals surface area contributed by atoms with Crippen molar-refractivity contribution in [3.05, 3.63) is 12.2 Å². The van der Waals surface area contributed by atoms with Gasteiger partial charge in [-0.2, -0.15) is 23.5 Å². The molecule has 0 spiro atoms. The molecule has 1 saturated carbocycles. The summed E-state index contributed by atoms with van der Waals surface area (Å²) in [5.74, 6) is 4.74. The van der Waals surface area contributed by atoms with Crippen LogP contribution in [0.2, 0.25) is 0 Å². The van der Waals surface area contributed by atoms with Gasteiger partial charge in [0.05, 0.1) is 0 Å². The van der Waals surface area contributed by atoms with Crippen LogP contribution >= 0.6 is 23.5 Å². The summed E-state index contributed by atoms with van der Waals surface area (Å²) < 4.78 is 0. The lowest BCUT2D eigenvalue weighted by molar-refractivity contribution is -0.137. The number of aliphatic carboxylic acids is 1. The van der Waals surface area contributed by atoms with Gasteiger partial charge >= 0.3 is 5.97 Å². The summed E-state index contributed by atoms with van der Waals surface area (Å²) in [7, 11) is 0. The Labute approximate surface area is 181 Å². The molecule has 1 N–H and O–H groups in total. The molecular formula is C24H40O2S2. The highest BCUT2D eigenvalue weighted by atomic mass is 32.2. The first-order valence-corrected chi connectivity index (χ1v) is 13.9. The molecule has 160 valence electrons. The minimum Gasteiger partial charge on any atom is -0.481 e. The summed E-state index contributed by atoms with van der Waals surface area (Å²) in [6.07, 6.45) is 22.6. The molecule has 3 aliphatic rings. The Bertz CT molecular complexity index is 487. The van der Waals surface area contributed by atoms with E-state index in [1.165, 1.54) is 82.1 Å². The van der Waals surface area contributed by atoms with E-state index in [4.69, 9.17) is 5.11 Å². The topological polar surface area (TPSA) is 37.3 Å². The van der Waals surface area contributed by atoms with Gasteiger partial charge < -0.3 is 5.11 Å². The normalized spacial score (nSPS) is 30.4. The number of carbonyl (C=O) groups is 1. The van der Waals surface area contributed by atoms with E-state index in [0.717, 1.165) is 41.1 Å². The molecule has 0 radical (unpaired) electrons. The van der Waals surface area contributed by atoms with Crippen LogP contribution in [0.25, 0.3) is 0 Å². The third kappa shape index (κ3) is 7.31. The second kappa shape index (κ2) is 12.6. The van der Waals surface area contributed by atoms with Crippen molar-refractivity contribution in [1.82, 2.24) is 0 Å².